The smallest absolute Gasteiger partial charge is 0.310 e. The van der Waals surface area contributed by atoms with Crippen LogP contribution in [-0.2, 0) is 6.18 Å². The largest absolute Gasteiger partial charge is 0.419 e. The van der Waals surface area contributed by atoms with Crippen molar-refractivity contribution >= 4 is 0 Å². The fourth-order valence-corrected chi connectivity index (χ4v) is 2.50. The molecule has 1 unspecified atom stereocenters. The van der Waals surface area contributed by atoms with E-state index in [1.165, 1.54) is 6.07 Å². The monoisotopic (exact) mass is 275 g/mol. The molecular formula is C14H17F4N. The highest BCUT2D eigenvalue weighted by molar-refractivity contribution is 5.29. The molecular weight excluding hydrogens is 258 g/mol. The Labute approximate surface area is 110 Å². The molecule has 1 fully saturated rings. The molecule has 1 saturated carbocycles. The molecule has 0 heterocycles. The summed E-state index contributed by atoms with van der Waals surface area (Å²) in [6.45, 7) is 2.65. The molecule has 2 rings (SSSR count). The first-order valence-corrected chi connectivity index (χ1v) is 6.53. The van der Waals surface area contributed by atoms with E-state index in [1.807, 2.05) is 6.92 Å². The predicted molar refractivity (Wildman–Crippen MR) is 65.2 cm³/mol. The summed E-state index contributed by atoms with van der Waals surface area (Å²) in [7, 11) is 0. The Balaban J connectivity index is 2.26. The maximum Gasteiger partial charge on any atom is 0.419 e. The third-order valence-corrected chi connectivity index (χ3v) is 3.70. The van der Waals surface area contributed by atoms with Crippen molar-refractivity contribution in [3.63, 3.8) is 0 Å². The summed E-state index contributed by atoms with van der Waals surface area (Å²) >= 11 is 0. The van der Waals surface area contributed by atoms with E-state index in [0.717, 1.165) is 31.4 Å². The van der Waals surface area contributed by atoms with Crippen LogP contribution in [0.1, 0.15) is 43.4 Å². The van der Waals surface area contributed by atoms with Crippen LogP contribution >= 0.6 is 0 Å². The summed E-state index contributed by atoms with van der Waals surface area (Å²) in [4.78, 5) is 0. The lowest BCUT2D eigenvalue weighted by Crippen LogP contribution is -2.32. The van der Waals surface area contributed by atoms with E-state index in [-0.39, 0.29) is 6.04 Å². The van der Waals surface area contributed by atoms with Crippen molar-refractivity contribution in [3.05, 3.63) is 35.1 Å². The number of nitrogens with one attached hydrogen (secondary N) is 1. The predicted octanol–water partition coefficient (Wildman–Crippen LogP) is 4.30. The van der Waals surface area contributed by atoms with Gasteiger partial charge in [-0.15, -0.1) is 0 Å². The van der Waals surface area contributed by atoms with Crippen LogP contribution in [0.4, 0.5) is 17.6 Å². The van der Waals surface area contributed by atoms with Gasteiger partial charge in [0.25, 0.3) is 0 Å². The summed E-state index contributed by atoms with van der Waals surface area (Å²) in [6, 6.07) is 3.20. The first-order valence-electron chi connectivity index (χ1n) is 6.53. The van der Waals surface area contributed by atoms with Gasteiger partial charge in [-0.25, -0.2) is 4.39 Å². The summed E-state index contributed by atoms with van der Waals surface area (Å²) < 4.78 is 51.1. The van der Waals surface area contributed by atoms with E-state index < -0.39 is 17.6 Å². The highest BCUT2D eigenvalue weighted by Gasteiger charge is 2.35. The fraction of sp³-hybridized carbons (Fsp3) is 0.571. The maximum absolute atomic E-state index is 13.6. The van der Waals surface area contributed by atoms with Crippen LogP contribution in [0, 0.1) is 11.7 Å². The molecule has 19 heavy (non-hydrogen) atoms. The van der Waals surface area contributed by atoms with E-state index >= 15 is 0 Å². The van der Waals surface area contributed by atoms with Gasteiger partial charge in [-0.2, -0.15) is 13.2 Å². The highest BCUT2D eigenvalue weighted by Crippen LogP contribution is 2.39. The van der Waals surface area contributed by atoms with Crippen LogP contribution < -0.4 is 5.32 Å². The maximum atomic E-state index is 13.6. The lowest BCUT2D eigenvalue weighted by atomic mass is 9.77. The molecule has 1 N–H and O–H groups in total. The van der Waals surface area contributed by atoms with Gasteiger partial charge in [-0.05, 0) is 43.0 Å². The quantitative estimate of drug-likeness (QED) is 0.808. The highest BCUT2D eigenvalue weighted by atomic mass is 19.4. The zero-order chi connectivity index (χ0) is 14.0. The average molecular weight is 275 g/mol. The van der Waals surface area contributed by atoms with E-state index in [0.29, 0.717) is 18.0 Å². The van der Waals surface area contributed by atoms with Crippen molar-refractivity contribution < 1.29 is 17.6 Å². The number of benzene rings is 1. The van der Waals surface area contributed by atoms with Gasteiger partial charge in [0.15, 0.2) is 0 Å². The Morgan fingerprint density at radius 3 is 2.42 bits per heavy atom. The van der Waals surface area contributed by atoms with E-state index in [1.54, 1.807) is 0 Å². The summed E-state index contributed by atoms with van der Waals surface area (Å²) in [5.41, 5.74) is -0.586. The van der Waals surface area contributed by atoms with Crippen molar-refractivity contribution in [3.8, 4) is 0 Å². The van der Waals surface area contributed by atoms with Crippen molar-refractivity contribution in [1.29, 1.82) is 0 Å². The summed E-state index contributed by atoms with van der Waals surface area (Å²) in [5, 5.41) is 3.24. The number of hydrogen-bond acceptors (Lipinski definition) is 1. The van der Waals surface area contributed by atoms with Crippen LogP contribution in [0.25, 0.3) is 0 Å². The van der Waals surface area contributed by atoms with Gasteiger partial charge >= 0.3 is 6.18 Å². The van der Waals surface area contributed by atoms with Crippen molar-refractivity contribution in [2.45, 2.75) is 38.4 Å². The van der Waals surface area contributed by atoms with Gasteiger partial charge in [0, 0.05) is 6.04 Å². The molecule has 0 amide bonds. The first kappa shape index (κ1) is 14.3. The minimum absolute atomic E-state index is 0.0458. The molecule has 1 aliphatic rings. The molecule has 0 saturated heterocycles. The molecule has 0 radical (unpaired) electrons. The molecule has 0 spiro atoms. The van der Waals surface area contributed by atoms with Gasteiger partial charge in [-0.3, -0.25) is 0 Å². The Bertz CT molecular complexity index is 438. The molecule has 1 aromatic rings. The van der Waals surface area contributed by atoms with Crippen LogP contribution in [-0.4, -0.2) is 6.54 Å². The summed E-state index contributed by atoms with van der Waals surface area (Å²) in [6.07, 6.45) is -1.41. The number of alkyl halides is 3. The Hall–Kier alpha value is -1.10. The first-order chi connectivity index (χ1) is 8.93. The lowest BCUT2D eigenvalue weighted by Gasteiger charge is -2.34. The Kier molecular flexibility index (Phi) is 4.13. The molecule has 1 aromatic carbocycles. The minimum Gasteiger partial charge on any atom is -0.310 e. The molecule has 106 valence electrons. The normalized spacial score (nSPS) is 18.2. The zero-order valence-electron chi connectivity index (χ0n) is 10.7. The Morgan fingerprint density at radius 1 is 1.32 bits per heavy atom. The second-order valence-electron chi connectivity index (χ2n) is 4.96. The average Bonchev–Trinajstić information content (AvgIpc) is 2.24. The topological polar surface area (TPSA) is 12.0 Å². The molecule has 0 aliphatic heterocycles. The molecule has 1 aliphatic carbocycles. The SMILES string of the molecule is CCNC(c1ccc(C(F)(F)F)c(F)c1)C1CCC1. The van der Waals surface area contributed by atoms with Crippen LogP contribution in [0.15, 0.2) is 18.2 Å². The molecule has 1 atom stereocenters. The van der Waals surface area contributed by atoms with Gasteiger partial charge in [-0.1, -0.05) is 19.4 Å². The van der Waals surface area contributed by atoms with Crippen LogP contribution in [0.5, 0.6) is 0 Å². The van der Waals surface area contributed by atoms with E-state index in [9.17, 15) is 17.6 Å². The van der Waals surface area contributed by atoms with Crippen LogP contribution in [0.2, 0.25) is 0 Å². The molecule has 0 bridgehead atoms. The van der Waals surface area contributed by atoms with Gasteiger partial charge in [0.2, 0.25) is 0 Å². The minimum atomic E-state index is -4.63. The molecule has 5 heteroatoms. The number of rotatable bonds is 4. The summed E-state index contributed by atoms with van der Waals surface area (Å²) in [5.74, 6) is -0.789. The second kappa shape index (κ2) is 5.49. The van der Waals surface area contributed by atoms with Gasteiger partial charge < -0.3 is 5.32 Å². The standard InChI is InChI=1S/C14H17F4N/c1-2-19-13(9-4-3-5-9)10-6-7-11(12(15)8-10)14(16,17)18/h6-9,13,19H,2-5H2,1H3. The zero-order valence-corrected chi connectivity index (χ0v) is 10.7. The van der Waals surface area contributed by atoms with Crippen LogP contribution in [0.3, 0.4) is 0 Å². The van der Waals surface area contributed by atoms with Crippen molar-refractivity contribution in [2.75, 3.05) is 6.54 Å². The van der Waals surface area contributed by atoms with Gasteiger partial charge in [0.05, 0.1) is 5.56 Å². The lowest BCUT2D eigenvalue weighted by molar-refractivity contribution is -0.140. The number of hydrogen-bond donors (Lipinski definition) is 1. The Morgan fingerprint density at radius 2 is 2.00 bits per heavy atom. The van der Waals surface area contributed by atoms with Crippen molar-refractivity contribution in [1.82, 2.24) is 5.32 Å². The van der Waals surface area contributed by atoms with E-state index in [2.05, 4.69) is 5.32 Å². The molecule has 0 aromatic heterocycles. The van der Waals surface area contributed by atoms with Gasteiger partial charge in [0.1, 0.15) is 5.82 Å². The molecule has 1 nitrogen and oxygen atoms in total. The van der Waals surface area contributed by atoms with Crippen molar-refractivity contribution in [2.24, 2.45) is 5.92 Å². The van der Waals surface area contributed by atoms with E-state index in [4.69, 9.17) is 0 Å². The third kappa shape index (κ3) is 3.08. The number of halogens is 4. The third-order valence-electron chi connectivity index (χ3n) is 3.70. The fourth-order valence-electron chi connectivity index (χ4n) is 2.50. The second-order valence-corrected chi connectivity index (χ2v) is 4.96.